The highest BCUT2D eigenvalue weighted by Crippen LogP contribution is 2.23. The number of carbonyl (C=O) groups is 1. The molecule has 2 fully saturated rings. The highest BCUT2D eigenvalue weighted by Gasteiger charge is 2.41. The van der Waals surface area contributed by atoms with E-state index >= 15 is 0 Å². The van der Waals surface area contributed by atoms with Gasteiger partial charge in [-0.05, 0) is 0 Å². The second-order valence-corrected chi connectivity index (χ2v) is 6.39. The fourth-order valence-corrected chi connectivity index (χ4v) is 3.42. The van der Waals surface area contributed by atoms with E-state index in [2.05, 4.69) is 9.88 Å². The van der Waals surface area contributed by atoms with Gasteiger partial charge >= 0.3 is 0 Å². The van der Waals surface area contributed by atoms with Crippen molar-refractivity contribution in [2.24, 2.45) is 0 Å². The van der Waals surface area contributed by atoms with Gasteiger partial charge < -0.3 is 14.4 Å². The topological polar surface area (TPSA) is 54.9 Å². The van der Waals surface area contributed by atoms with Gasteiger partial charge in [-0.2, -0.15) is 0 Å². The van der Waals surface area contributed by atoms with Crippen molar-refractivity contribution in [2.45, 2.75) is 12.1 Å². The predicted octanol–water partition coefficient (Wildman–Crippen LogP) is 0.203. The molecule has 0 radical (unpaired) electrons. The van der Waals surface area contributed by atoms with Crippen LogP contribution in [0.25, 0.3) is 0 Å². The van der Waals surface area contributed by atoms with E-state index in [4.69, 9.17) is 9.47 Å². The summed E-state index contributed by atoms with van der Waals surface area (Å²) >= 11 is 1.67. The lowest BCUT2D eigenvalue weighted by Gasteiger charge is -2.42. The maximum absolute atomic E-state index is 11.7. The largest absolute Gasteiger partial charge is 0.369 e. The molecule has 0 bridgehead atoms. The van der Waals surface area contributed by atoms with Gasteiger partial charge in [-0.3, -0.25) is 9.69 Å². The monoisotopic (exact) mass is 297 g/mol. The van der Waals surface area contributed by atoms with E-state index < -0.39 is 5.60 Å². The van der Waals surface area contributed by atoms with Gasteiger partial charge in [0.15, 0.2) is 0 Å². The molecule has 0 N–H and O–H groups in total. The Kier molecular flexibility index (Phi) is 4.02. The van der Waals surface area contributed by atoms with Gasteiger partial charge in [0.1, 0.15) is 17.2 Å². The van der Waals surface area contributed by atoms with Crippen LogP contribution in [0.15, 0.2) is 11.6 Å². The predicted molar refractivity (Wildman–Crippen MR) is 74.5 cm³/mol. The van der Waals surface area contributed by atoms with Crippen molar-refractivity contribution in [3.63, 3.8) is 0 Å². The number of hydrogen-bond acceptors (Lipinski definition) is 6. The zero-order chi connectivity index (χ0) is 14.0. The van der Waals surface area contributed by atoms with Gasteiger partial charge in [0, 0.05) is 31.7 Å². The Balaban J connectivity index is 1.68. The minimum atomic E-state index is -0.406. The number of likely N-dealkylation sites (N-methyl/N-ethyl adjacent to an activating group) is 1. The van der Waals surface area contributed by atoms with Crippen molar-refractivity contribution >= 4 is 17.2 Å². The molecule has 110 valence electrons. The Morgan fingerprint density at radius 3 is 3.20 bits per heavy atom. The first-order valence-corrected chi connectivity index (χ1v) is 7.61. The normalized spacial score (nSPS) is 28.9. The maximum Gasteiger partial charge on any atom is 0.248 e. The zero-order valence-corrected chi connectivity index (χ0v) is 12.4. The lowest BCUT2D eigenvalue weighted by Crippen LogP contribution is -2.58. The number of nitrogens with zero attached hydrogens (tertiary/aromatic N) is 3. The first-order chi connectivity index (χ1) is 9.67. The van der Waals surface area contributed by atoms with Crippen molar-refractivity contribution < 1.29 is 14.3 Å². The molecule has 1 amide bonds. The molecule has 3 heterocycles. The molecule has 1 aromatic rings. The van der Waals surface area contributed by atoms with Crippen LogP contribution in [0.1, 0.15) is 5.01 Å². The average molecular weight is 297 g/mol. The molecule has 3 rings (SSSR count). The summed E-state index contributed by atoms with van der Waals surface area (Å²) in [5.74, 6) is 0.0162. The van der Waals surface area contributed by atoms with Crippen molar-refractivity contribution in [1.82, 2.24) is 14.8 Å². The summed E-state index contributed by atoms with van der Waals surface area (Å²) in [6, 6.07) is 0. The van der Waals surface area contributed by atoms with Crippen LogP contribution in [-0.2, 0) is 20.8 Å². The van der Waals surface area contributed by atoms with E-state index in [1.54, 1.807) is 16.2 Å². The van der Waals surface area contributed by atoms with Crippen molar-refractivity contribution in [1.29, 1.82) is 0 Å². The number of aromatic nitrogens is 1. The molecule has 2 saturated heterocycles. The third kappa shape index (κ3) is 3.01. The van der Waals surface area contributed by atoms with Gasteiger partial charge in [0.2, 0.25) is 5.91 Å². The Hall–Kier alpha value is -1.02. The fourth-order valence-electron chi connectivity index (χ4n) is 2.76. The quantitative estimate of drug-likeness (QED) is 0.781. The summed E-state index contributed by atoms with van der Waals surface area (Å²) in [5.41, 5.74) is -0.406. The molecule has 0 aromatic carbocycles. The first kappa shape index (κ1) is 13.9. The SMILES string of the molecule is CN1CC2(COCC1=O)CN(Cc1nccs1)CCO2. The van der Waals surface area contributed by atoms with Crippen LogP contribution in [0, 0.1) is 0 Å². The lowest BCUT2D eigenvalue weighted by atomic mass is 10.0. The molecule has 0 saturated carbocycles. The van der Waals surface area contributed by atoms with Gasteiger partial charge in [0.05, 0.1) is 26.3 Å². The van der Waals surface area contributed by atoms with E-state index in [1.165, 1.54) is 0 Å². The van der Waals surface area contributed by atoms with Gasteiger partial charge in [-0.25, -0.2) is 4.98 Å². The standard InChI is InChI=1S/C13H19N3O3S/c1-15-8-13(10-18-7-12(15)17)9-16(3-4-19-13)6-11-14-2-5-20-11/h2,5H,3-4,6-10H2,1H3. The molecule has 1 unspecified atom stereocenters. The Labute approximate surface area is 122 Å². The Morgan fingerprint density at radius 2 is 2.40 bits per heavy atom. The van der Waals surface area contributed by atoms with E-state index in [0.29, 0.717) is 19.8 Å². The first-order valence-electron chi connectivity index (χ1n) is 6.73. The third-order valence-electron chi connectivity index (χ3n) is 3.71. The molecule has 0 aliphatic carbocycles. The number of morpholine rings is 1. The molecular formula is C13H19N3O3S. The average Bonchev–Trinajstić information content (AvgIpc) is 2.87. The zero-order valence-electron chi connectivity index (χ0n) is 11.6. The van der Waals surface area contributed by atoms with E-state index in [9.17, 15) is 4.79 Å². The van der Waals surface area contributed by atoms with Crippen molar-refractivity contribution in [3.05, 3.63) is 16.6 Å². The molecule has 2 aliphatic heterocycles. The molecule has 1 atom stereocenters. The summed E-state index contributed by atoms with van der Waals surface area (Å²) in [5, 5.41) is 3.10. The summed E-state index contributed by atoms with van der Waals surface area (Å²) in [6.07, 6.45) is 1.83. The Morgan fingerprint density at radius 1 is 1.50 bits per heavy atom. The summed E-state index contributed by atoms with van der Waals surface area (Å²) in [4.78, 5) is 20.1. The second-order valence-electron chi connectivity index (χ2n) is 5.41. The summed E-state index contributed by atoms with van der Waals surface area (Å²) in [6.45, 7) is 4.35. The minimum absolute atomic E-state index is 0.0162. The highest BCUT2D eigenvalue weighted by atomic mass is 32.1. The van der Waals surface area contributed by atoms with Gasteiger partial charge in [-0.15, -0.1) is 11.3 Å². The second kappa shape index (κ2) is 5.77. The minimum Gasteiger partial charge on any atom is -0.369 e. The van der Waals surface area contributed by atoms with Crippen molar-refractivity contribution in [3.8, 4) is 0 Å². The molecular weight excluding hydrogens is 278 g/mol. The smallest absolute Gasteiger partial charge is 0.248 e. The van der Waals surface area contributed by atoms with E-state index in [0.717, 1.165) is 24.6 Å². The van der Waals surface area contributed by atoms with Gasteiger partial charge in [-0.1, -0.05) is 0 Å². The summed E-state index contributed by atoms with van der Waals surface area (Å²) < 4.78 is 11.5. The number of rotatable bonds is 2. The number of thiazole rings is 1. The highest BCUT2D eigenvalue weighted by molar-refractivity contribution is 7.09. The maximum atomic E-state index is 11.7. The number of carbonyl (C=O) groups excluding carboxylic acids is 1. The molecule has 7 heteroatoms. The lowest BCUT2D eigenvalue weighted by molar-refractivity contribution is -0.143. The molecule has 1 spiro atoms. The number of amides is 1. The third-order valence-corrected chi connectivity index (χ3v) is 4.48. The summed E-state index contributed by atoms with van der Waals surface area (Å²) in [7, 11) is 1.81. The van der Waals surface area contributed by atoms with E-state index in [1.807, 2.05) is 18.6 Å². The number of ether oxygens (including phenoxy) is 2. The van der Waals surface area contributed by atoms with Crippen LogP contribution in [0.5, 0.6) is 0 Å². The van der Waals surface area contributed by atoms with Crippen LogP contribution >= 0.6 is 11.3 Å². The molecule has 6 nitrogen and oxygen atoms in total. The molecule has 2 aliphatic rings. The van der Waals surface area contributed by atoms with Crippen LogP contribution in [0.3, 0.4) is 0 Å². The van der Waals surface area contributed by atoms with Crippen LogP contribution < -0.4 is 0 Å². The van der Waals surface area contributed by atoms with Crippen molar-refractivity contribution in [2.75, 3.05) is 46.5 Å². The van der Waals surface area contributed by atoms with Crippen LogP contribution in [0.2, 0.25) is 0 Å². The molecule has 1 aromatic heterocycles. The fraction of sp³-hybridized carbons (Fsp3) is 0.692. The number of hydrogen-bond donors (Lipinski definition) is 0. The van der Waals surface area contributed by atoms with E-state index in [-0.39, 0.29) is 12.5 Å². The Bertz CT molecular complexity index is 467. The van der Waals surface area contributed by atoms with Gasteiger partial charge in [0.25, 0.3) is 0 Å². The van der Waals surface area contributed by atoms with Crippen LogP contribution in [0.4, 0.5) is 0 Å². The molecule has 20 heavy (non-hydrogen) atoms. The van der Waals surface area contributed by atoms with Crippen LogP contribution in [-0.4, -0.2) is 72.8 Å².